The van der Waals surface area contributed by atoms with Crippen LogP contribution in [0.4, 0.5) is 5.69 Å². The molecule has 0 radical (unpaired) electrons. The van der Waals surface area contributed by atoms with Crippen LogP contribution < -0.4 is 11.0 Å². The molecule has 102 valence electrons. The van der Waals surface area contributed by atoms with Gasteiger partial charge in [-0.1, -0.05) is 6.07 Å². The first-order valence-corrected chi connectivity index (χ1v) is 6.51. The van der Waals surface area contributed by atoms with Gasteiger partial charge in [0, 0.05) is 24.6 Å². The molecule has 0 saturated carbocycles. The van der Waals surface area contributed by atoms with E-state index in [1.165, 1.54) is 9.08 Å². The zero-order valence-corrected chi connectivity index (χ0v) is 11.2. The van der Waals surface area contributed by atoms with Crippen LogP contribution in [0.5, 0.6) is 0 Å². The van der Waals surface area contributed by atoms with E-state index in [2.05, 4.69) is 15.4 Å². The van der Waals surface area contributed by atoms with Gasteiger partial charge in [-0.3, -0.25) is 9.38 Å². The molecule has 0 aliphatic heterocycles. The van der Waals surface area contributed by atoms with Crippen LogP contribution in [0.2, 0.25) is 0 Å². The van der Waals surface area contributed by atoms with Crippen molar-refractivity contribution in [2.24, 2.45) is 0 Å². The topological polar surface area (TPSA) is 64.2 Å². The molecule has 0 spiro atoms. The minimum atomic E-state index is -0.156. The first kappa shape index (κ1) is 12.4. The minimum Gasteiger partial charge on any atom is -0.385 e. The highest BCUT2D eigenvalue weighted by molar-refractivity contribution is 5.43. The van der Waals surface area contributed by atoms with Crippen molar-refractivity contribution in [2.45, 2.75) is 13.5 Å². The Kier molecular flexibility index (Phi) is 3.20. The first-order chi connectivity index (χ1) is 9.78. The van der Waals surface area contributed by atoms with E-state index < -0.39 is 0 Å². The molecule has 0 aliphatic carbocycles. The third-order valence-electron chi connectivity index (χ3n) is 3.00. The molecule has 0 unspecified atom stereocenters. The maximum Gasteiger partial charge on any atom is 0.350 e. The molecule has 3 rings (SSSR count). The van der Waals surface area contributed by atoms with Gasteiger partial charge in [0.15, 0.2) is 5.65 Å². The van der Waals surface area contributed by atoms with Crippen LogP contribution in [0.1, 0.15) is 12.6 Å². The summed E-state index contributed by atoms with van der Waals surface area (Å²) in [5.74, 6) is 0. The molecule has 0 aromatic carbocycles. The monoisotopic (exact) mass is 269 g/mol. The van der Waals surface area contributed by atoms with Crippen LogP contribution in [-0.2, 0) is 6.54 Å². The number of hydrogen-bond acceptors (Lipinski definition) is 4. The average molecular weight is 269 g/mol. The van der Waals surface area contributed by atoms with Gasteiger partial charge in [-0.2, -0.15) is 0 Å². The lowest BCUT2D eigenvalue weighted by atomic mass is 10.3. The van der Waals surface area contributed by atoms with Gasteiger partial charge in [-0.05, 0) is 31.2 Å². The Labute approximate surface area is 115 Å². The van der Waals surface area contributed by atoms with Crippen molar-refractivity contribution in [2.75, 3.05) is 11.9 Å². The molecule has 6 nitrogen and oxygen atoms in total. The molecule has 6 heteroatoms. The van der Waals surface area contributed by atoms with Crippen molar-refractivity contribution in [3.63, 3.8) is 0 Å². The Morgan fingerprint density at radius 3 is 3.00 bits per heavy atom. The van der Waals surface area contributed by atoms with Gasteiger partial charge in [0.25, 0.3) is 0 Å². The fourth-order valence-corrected chi connectivity index (χ4v) is 2.10. The van der Waals surface area contributed by atoms with Gasteiger partial charge >= 0.3 is 5.69 Å². The van der Waals surface area contributed by atoms with Crippen molar-refractivity contribution in [3.05, 3.63) is 58.9 Å². The third-order valence-corrected chi connectivity index (χ3v) is 3.00. The van der Waals surface area contributed by atoms with Crippen molar-refractivity contribution in [1.29, 1.82) is 0 Å². The van der Waals surface area contributed by atoms with E-state index >= 15 is 0 Å². The van der Waals surface area contributed by atoms with Crippen molar-refractivity contribution in [1.82, 2.24) is 19.2 Å². The van der Waals surface area contributed by atoms with E-state index in [4.69, 9.17) is 0 Å². The smallest absolute Gasteiger partial charge is 0.350 e. The Balaban J connectivity index is 1.95. The van der Waals surface area contributed by atoms with Crippen molar-refractivity contribution in [3.8, 4) is 0 Å². The number of anilines is 1. The van der Waals surface area contributed by atoms with Crippen molar-refractivity contribution >= 4 is 11.3 Å². The fraction of sp³-hybridized carbons (Fsp3) is 0.214. The number of rotatable bonds is 4. The van der Waals surface area contributed by atoms with E-state index in [9.17, 15) is 4.79 Å². The number of hydrogen-bond donors (Lipinski definition) is 1. The maximum absolute atomic E-state index is 12.2. The fourth-order valence-electron chi connectivity index (χ4n) is 2.10. The third kappa shape index (κ3) is 2.27. The lowest BCUT2D eigenvalue weighted by Gasteiger charge is -2.05. The van der Waals surface area contributed by atoms with Crippen LogP contribution in [0.15, 0.2) is 47.5 Å². The van der Waals surface area contributed by atoms with E-state index in [0.717, 1.165) is 17.9 Å². The molecule has 0 atom stereocenters. The van der Waals surface area contributed by atoms with Gasteiger partial charge in [-0.15, -0.1) is 5.10 Å². The Morgan fingerprint density at radius 1 is 1.30 bits per heavy atom. The number of aromatic nitrogens is 4. The van der Waals surface area contributed by atoms with E-state index in [1.807, 2.05) is 31.2 Å². The standard InChI is InChI=1S/C14H15N5O/c1-2-15-11-6-7-16-12(9-11)10-19-14(20)18-8-4-3-5-13(18)17-19/h3-9H,2,10H2,1H3,(H,15,16). The summed E-state index contributed by atoms with van der Waals surface area (Å²) in [6, 6.07) is 9.31. The van der Waals surface area contributed by atoms with Gasteiger partial charge in [0.2, 0.25) is 0 Å². The lowest BCUT2D eigenvalue weighted by Crippen LogP contribution is -2.22. The van der Waals surface area contributed by atoms with Gasteiger partial charge in [-0.25, -0.2) is 9.48 Å². The predicted octanol–water partition coefficient (Wildman–Crippen LogP) is 1.37. The Bertz CT molecular complexity index is 789. The molecular weight excluding hydrogens is 254 g/mol. The quantitative estimate of drug-likeness (QED) is 0.777. The normalized spacial score (nSPS) is 10.8. The number of nitrogens with one attached hydrogen (secondary N) is 1. The molecule has 0 aliphatic rings. The molecular formula is C14H15N5O. The molecule has 0 fully saturated rings. The molecule has 1 N–H and O–H groups in total. The number of fused-ring (bicyclic) bond motifs is 1. The van der Waals surface area contributed by atoms with Gasteiger partial charge < -0.3 is 5.32 Å². The van der Waals surface area contributed by atoms with Crippen molar-refractivity contribution < 1.29 is 0 Å². The minimum absolute atomic E-state index is 0.156. The highest BCUT2D eigenvalue weighted by Crippen LogP contribution is 2.08. The largest absolute Gasteiger partial charge is 0.385 e. The zero-order valence-electron chi connectivity index (χ0n) is 11.2. The second-order valence-electron chi connectivity index (χ2n) is 4.44. The average Bonchev–Trinajstić information content (AvgIpc) is 2.77. The number of pyridine rings is 2. The van der Waals surface area contributed by atoms with Gasteiger partial charge in [0.1, 0.15) is 0 Å². The van der Waals surface area contributed by atoms with E-state index in [0.29, 0.717) is 12.2 Å². The lowest BCUT2D eigenvalue weighted by molar-refractivity contribution is 0.646. The highest BCUT2D eigenvalue weighted by Gasteiger charge is 2.07. The Morgan fingerprint density at radius 2 is 2.20 bits per heavy atom. The van der Waals surface area contributed by atoms with Crippen LogP contribution in [-0.4, -0.2) is 25.7 Å². The van der Waals surface area contributed by atoms with Crippen LogP contribution in [0.3, 0.4) is 0 Å². The SMILES string of the molecule is CCNc1ccnc(Cn2nc3ccccn3c2=O)c1. The molecule has 0 saturated heterocycles. The molecule has 3 heterocycles. The van der Waals surface area contributed by atoms with Crippen LogP contribution >= 0.6 is 0 Å². The molecule has 3 aromatic heterocycles. The zero-order chi connectivity index (χ0) is 13.9. The number of nitrogens with zero attached hydrogens (tertiary/aromatic N) is 4. The molecule has 0 bridgehead atoms. The van der Waals surface area contributed by atoms with E-state index in [1.54, 1.807) is 18.5 Å². The molecule has 0 amide bonds. The summed E-state index contributed by atoms with van der Waals surface area (Å²) in [5.41, 5.74) is 2.28. The van der Waals surface area contributed by atoms with Gasteiger partial charge in [0.05, 0.1) is 12.2 Å². The summed E-state index contributed by atoms with van der Waals surface area (Å²) >= 11 is 0. The van der Waals surface area contributed by atoms with Crippen LogP contribution in [0, 0.1) is 0 Å². The summed E-state index contributed by atoms with van der Waals surface area (Å²) < 4.78 is 2.95. The Hall–Kier alpha value is -2.63. The first-order valence-electron chi connectivity index (χ1n) is 6.51. The summed E-state index contributed by atoms with van der Waals surface area (Å²) in [7, 11) is 0. The second-order valence-corrected chi connectivity index (χ2v) is 4.44. The summed E-state index contributed by atoms with van der Waals surface area (Å²) in [5, 5.41) is 7.51. The maximum atomic E-state index is 12.2. The summed E-state index contributed by atoms with van der Waals surface area (Å²) in [6.07, 6.45) is 3.44. The highest BCUT2D eigenvalue weighted by atomic mass is 16.2. The second kappa shape index (κ2) is 5.16. The molecule has 3 aromatic rings. The van der Waals surface area contributed by atoms with Crippen LogP contribution in [0.25, 0.3) is 5.65 Å². The van der Waals surface area contributed by atoms with E-state index in [-0.39, 0.29) is 5.69 Å². The summed E-state index contributed by atoms with van der Waals surface area (Å²) in [6.45, 7) is 3.24. The predicted molar refractivity (Wildman–Crippen MR) is 77.0 cm³/mol. The molecule has 20 heavy (non-hydrogen) atoms. The summed E-state index contributed by atoms with van der Waals surface area (Å²) in [4.78, 5) is 16.4.